The van der Waals surface area contributed by atoms with Gasteiger partial charge in [0.1, 0.15) is 13.2 Å². The van der Waals surface area contributed by atoms with E-state index in [-0.39, 0.29) is 25.1 Å². The maximum Gasteiger partial charge on any atom is 0.407 e. The second-order valence-corrected chi connectivity index (χ2v) is 6.91. The van der Waals surface area contributed by atoms with E-state index in [2.05, 4.69) is 16.0 Å². The molecule has 2 amide bonds. The molecule has 2 aromatic rings. The fourth-order valence-electron chi connectivity index (χ4n) is 3.56. The van der Waals surface area contributed by atoms with Crippen LogP contribution in [0.2, 0.25) is 0 Å². The fourth-order valence-corrected chi connectivity index (χ4v) is 3.56. The Hall–Kier alpha value is -2.76. The van der Waals surface area contributed by atoms with Crippen LogP contribution in [0.15, 0.2) is 48.7 Å². The van der Waals surface area contributed by atoms with Gasteiger partial charge in [-0.1, -0.05) is 43.2 Å². The van der Waals surface area contributed by atoms with Crippen molar-refractivity contribution in [1.82, 2.24) is 14.8 Å². The van der Waals surface area contributed by atoms with Gasteiger partial charge in [0.2, 0.25) is 5.91 Å². The molecule has 0 radical (unpaired) electrons. The highest BCUT2D eigenvalue weighted by atomic mass is 16.5. The van der Waals surface area contributed by atoms with Crippen molar-refractivity contribution in [3.63, 3.8) is 0 Å². The third kappa shape index (κ3) is 5.12. The zero-order valence-corrected chi connectivity index (χ0v) is 15.8. The summed E-state index contributed by atoms with van der Waals surface area (Å²) in [4.78, 5) is 26.6. The Morgan fingerprint density at radius 3 is 2.67 bits per heavy atom. The van der Waals surface area contributed by atoms with Crippen molar-refractivity contribution >= 4 is 12.0 Å². The summed E-state index contributed by atoms with van der Waals surface area (Å²) in [5.41, 5.74) is 2.05. The van der Waals surface area contributed by atoms with Crippen molar-refractivity contribution in [2.75, 3.05) is 13.1 Å². The summed E-state index contributed by atoms with van der Waals surface area (Å²) in [5.74, 6) is -0.0697. The molecule has 1 fully saturated rings. The molecule has 27 heavy (non-hydrogen) atoms. The molecule has 6 heteroatoms. The quantitative estimate of drug-likeness (QED) is 0.879. The largest absolute Gasteiger partial charge is 0.445 e. The summed E-state index contributed by atoms with van der Waals surface area (Å²) in [7, 11) is 2.00. The van der Waals surface area contributed by atoms with Crippen LogP contribution in [0.3, 0.4) is 0 Å². The number of amides is 2. The molecule has 144 valence electrons. The minimum Gasteiger partial charge on any atom is -0.445 e. The normalized spacial score (nSPS) is 17.2. The molecule has 1 aliphatic heterocycles. The number of hydrogen-bond donors (Lipinski definition) is 1. The highest BCUT2D eigenvalue weighted by molar-refractivity contribution is 5.82. The van der Waals surface area contributed by atoms with Crippen molar-refractivity contribution in [1.29, 1.82) is 0 Å². The molecule has 1 aliphatic rings. The van der Waals surface area contributed by atoms with E-state index in [0.717, 1.165) is 43.5 Å². The monoisotopic (exact) mass is 369 g/mol. The summed E-state index contributed by atoms with van der Waals surface area (Å²) in [5, 5.41) is 2.59. The highest BCUT2D eigenvalue weighted by Gasteiger charge is 2.28. The molecule has 1 aromatic carbocycles. The second kappa shape index (κ2) is 9.26. The van der Waals surface area contributed by atoms with Crippen molar-refractivity contribution in [2.45, 2.75) is 38.3 Å². The van der Waals surface area contributed by atoms with E-state index in [0.29, 0.717) is 0 Å². The van der Waals surface area contributed by atoms with E-state index in [4.69, 9.17) is 4.74 Å². The molecule has 0 unspecified atom stereocenters. The van der Waals surface area contributed by atoms with Crippen molar-refractivity contribution < 1.29 is 14.3 Å². The maximum atomic E-state index is 12.8. The van der Waals surface area contributed by atoms with Crippen LogP contribution in [-0.4, -0.2) is 34.6 Å². The SMILES string of the molecule is Cn1cccc1[C@@H]1CCCCCN1C(=O)CNC(=O)OCc1ccccc1. The van der Waals surface area contributed by atoms with Crippen LogP contribution in [0.1, 0.15) is 43.0 Å². The summed E-state index contributed by atoms with van der Waals surface area (Å²) < 4.78 is 7.25. The Morgan fingerprint density at radius 1 is 1.11 bits per heavy atom. The molecule has 2 heterocycles. The summed E-state index contributed by atoms with van der Waals surface area (Å²) in [6, 6.07) is 13.6. The number of nitrogens with zero attached hydrogens (tertiary/aromatic N) is 2. The number of ether oxygens (including phenoxy) is 1. The first-order valence-electron chi connectivity index (χ1n) is 9.50. The predicted molar refractivity (Wildman–Crippen MR) is 103 cm³/mol. The number of rotatable bonds is 5. The lowest BCUT2D eigenvalue weighted by Crippen LogP contribution is -2.42. The molecule has 0 saturated carbocycles. The zero-order chi connectivity index (χ0) is 19.1. The van der Waals surface area contributed by atoms with Gasteiger partial charge in [0.05, 0.1) is 6.04 Å². The first-order valence-corrected chi connectivity index (χ1v) is 9.50. The lowest BCUT2D eigenvalue weighted by atomic mass is 10.1. The molecule has 0 spiro atoms. The summed E-state index contributed by atoms with van der Waals surface area (Å²) >= 11 is 0. The molecule has 0 bridgehead atoms. The summed E-state index contributed by atoms with van der Waals surface area (Å²) in [6.45, 7) is 0.862. The standard InChI is InChI=1S/C21H27N3O3/c1-23-13-8-12-18(23)19-11-6-3-7-14-24(19)20(25)15-22-21(26)27-16-17-9-4-2-5-10-17/h2,4-5,8-10,12-13,19H,3,6-7,11,14-16H2,1H3,(H,22,26)/t19-/m0/s1. The van der Waals surface area contributed by atoms with Crippen LogP contribution >= 0.6 is 0 Å². The van der Waals surface area contributed by atoms with Crippen LogP contribution in [-0.2, 0) is 23.2 Å². The minimum atomic E-state index is -0.572. The van der Waals surface area contributed by atoms with Gasteiger partial charge in [-0.25, -0.2) is 4.79 Å². The second-order valence-electron chi connectivity index (χ2n) is 6.91. The highest BCUT2D eigenvalue weighted by Crippen LogP contribution is 2.30. The van der Waals surface area contributed by atoms with Crippen molar-refractivity contribution in [3.8, 4) is 0 Å². The number of carbonyl (C=O) groups excluding carboxylic acids is 2. The van der Waals surface area contributed by atoms with Crippen LogP contribution in [0.5, 0.6) is 0 Å². The molecular formula is C21H27N3O3. The van der Waals surface area contributed by atoms with E-state index in [1.54, 1.807) is 0 Å². The van der Waals surface area contributed by atoms with Gasteiger partial charge in [-0.3, -0.25) is 4.79 Å². The van der Waals surface area contributed by atoms with Gasteiger partial charge >= 0.3 is 6.09 Å². The van der Waals surface area contributed by atoms with Gasteiger partial charge in [0.15, 0.2) is 0 Å². The Morgan fingerprint density at radius 2 is 1.93 bits per heavy atom. The van der Waals surface area contributed by atoms with E-state index in [1.807, 2.05) is 54.5 Å². The van der Waals surface area contributed by atoms with Crippen molar-refractivity contribution in [2.24, 2.45) is 7.05 Å². The molecule has 1 aromatic heterocycles. The van der Waals surface area contributed by atoms with Crippen LogP contribution in [0.4, 0.5) is 4.79 Å². The van der Waals surface area contributed by atoms with Gasteiger partial charge < -0.3 is 19.5 Å². The van der Waals surface area contributed by atoms with Crippen molar-refractivity contribution in [3.05, 3.63) is 59.9 Å². The first kappa shape index (κ1) is 19.0. The van der Waals surface area contributed by atoms with Gasteiger partial charge in [-0.05, 0) is 30.5 Å². The number of nitrogens with one attached hydrogen (secondary N) is 1. The van der Waals surface area contributed by atoms with Crippen LogP contribution < -0.4 is 5.32 Å². The number of hydrogen-bond acceptors (Lipinski definition) is 3. The fraction of sp³-hybridized carbons (Fsp3) is 0.429. The van der Waals surface area contributed by atoms with Crippen LogP contribution in [0.25, 0.3) is 0 Å². The zero-order valence-electron chi connectivity index (χ0n) is 15.8. The smallest absolute Gasteiger partial charge is 0.407 e. The van der Waals surface area contributed by atoms with Gasteiger partial charge in [-0.2, -0.15) is 0 Å². The molecule has 1 N–H and O–H groups in total. The van der Waals surface area contributed by atoms with E-state index >= 15 is 0 Å². The molecular weight excluding hydrogens is 342 g/mol. The Labute approximate surface area is 160 Å². The predicted octanol–water partition coefficient (Wildman–Crippen LogP) is 3.40. The van der Waals surface area contributed by atoms with Crippen LogP contribution in [0, 0.1) is 0 Å². The van der Waals surface area contributed by atoms with E-state index in [1.165, 1.54) is 0 Å². The third-order valence-corrected chi connectivity index (χ3v) is 5.00. The van der Waals surface area contributed by atoms with E-state index in [9.17, 15) is 9.59 Å². The lowest BCUT2D eigenvalue weighted by Gasteiger charge is -2.30. The molecule has 0 aliphatic carbocycles. The Bertz CT molecular complexity index is 757. The molecule has 3 rings (SSSR count). The molecule has 1 saturated heterocycles. The number of aryl methyl sites for hydroxylation is 1. The lowest BCUT2D eigenvalue weighted by molar-refractivity contribution is -0.132. The van der Waals surface area contributed by atoms with Gasteiger partial charge in [-0.15, -0.1) is 0 Å². The Kier molecular flexibility index (Phi) is 6.52. The average molecular weight is 369 g/mol. The number of aromatic nitrogens is 1. The van der Waals surface area contributed by atoms with Gasteiger partial charge in [0.25, 0.3) is 0 Å². The number of alkyl carbamates (subject to hydrolysis) is 1. The summed E-state index contributed by atoms with van der Waals surface area (Å²) in [6.07, 6.45) is 5.59. The Balaban J connectivity index is 1.55. The third-order valence-electron chi connectivity index (χ3n) is 5.00. The number of likely N-dealkylation sites (tertiary alicyclic amines) is 1. The average Bonchev–Trinajstić information content (AvgIpc) is 2.97. The number of carbonyl (C=O) groups is 2. The maximum absolute atomic E-state index is 12.8. The number of benzene rings is 1. The molecule has 6 nitrogen and oxygen atoms in total. The minimum absolute atomic E-state index is 0.0471. The molecule has 1 atom stereocenters. The van der Waals surface area contributed by atoms with E-state index < -0.39 is 6.09 Å². The topological polar surface area (TPSA) is 63.6 Å². The van der Waals surface area contributed by atoms with Gasteiger partial charge in [0, 0.05) is 25.5 Å². The first-order chi connectivity index (χ1) is 13.1.